The Morgan fingerprint density at radius 3 is 2.65 bits per heavy atom. The van der Waals surface area contributed by atoms with Crippen LogP contribution >= 0.6 is 0 Å². The molecule has 0 aliphatic heterocycles. The number of aromatic nitrogens is 2. The van der Waals surface area contributed by atoms with E-state index < -0.39 is 0 Å². The van der Waals surface area contributed by atoms with Gasteiger partial charge in [-0.3, -0.25) is 0 Å². The molecule has 2 rings (SSSR count). The lowest BCUT2D eigenvalue weighted by atomic mass is 10.1. The first-order chi connectivity index (χ1) is 8.16. The molecule has 1 aromatic carbocycles. The predicted octanol–water partition coefficient (Wildman–Crippen LogP) is 2.71. The van der Waals surface area contributed by atoms with Crippen LogP contribution in [0.3, 0.4) is 0 Å². The summed E-state index contributed by atoms with van der Waals surface area (Å²) in [5.41, 5.74) is 3.15. The molecule has 3 nitrogen and oxygen atoms in total. The Morgan fingerprint density at radius 1 is 1.35 bits per heavy atom. The van der Waals surface area contributed by atoms with Gasteiger partial charge in [-0.1, -0.05) is 12.1 Å². The van der Waals surface area contributed by atoms with Crippen molar-refractivity contribution >= 4 is 0 Å². The van der Waals surface area contributed by atoms with Gasteiger partial charge in [-0.05, 0) is 31.5 Å². The molecule has 0 aliphatic rings. The van der Waals surface area contributed by atoms with Gasteiger partial charge in [0.15, 0.2) is 0 Å². The molecule has 2 N–H and O–H groups in total. The summed E-state index contributed by atoms with van der Waals surface area (Å²) >= 11 is 0. The molecule has 0 aliphatic carbocycles. The largest absolute Gasteiger partial charge is 0.348 e. The summed E-state index contributed by atoms with van der Waals surface area (Å²) in [7, 11) is 0. The molecular formula is C13H16FN3. The van der Waals surface area contributed by atoms with Crippen molar-refractivity contribution in [3.63, 3.8) is 0 Å². The molecule has 1 heterocycles. The van der Waals surface area contributed by atoms with E-state index in [1.165, 1.54) is 12.1 Å². The van der Waals surface area contributed by atoms with E-state index in [0.717, 1.165) is 17.0 Å². The topological polar surface area (TPSA) is 40.7 Å². The normalized spacial score (nSPS) is 12.6. The average molecular weight is 233 g/mol. The third-order valence-corrected chi connectivity index (χ3v) is 2.88. The van der Waals surface area contributed by atoms with Crippen molar-refractivity contribution in [3.8, 4) is 0 Å². The lowest BCUT2D eigenvalue weighted by Gasteiger charge is -2.13. The number of H-pyrrole nitrogens is 1. The number of rotatable bonds is 4. The highest BCUT2D eigenvalue weighted by atomic mass is 19.1. The molecule has 4 heteroatoms. The molecule has 90 valence electrons. The molecule has 0 fully saturated rings. The second kappa shape index (κ2) is 5.10. The van der Waals surface area contributed by atoms with E-state index in [9.17, 15) is 4.39 Å². The van der Waals surface area contributed by atoms with Crippen molar-refractivity contribution < 1.29 is 4.39 Å². The molecule has 17 heavy (non-hydrogen) atoms. The van der Waals surface area contributed by atoms with Crippen molar-refractivity contribution in [2.45, 2.75) is 26.4 Å². The van der Waals surface area contributed by atoms with Crippen LogP contribution in [0.5, 0.6) is 0 Å². The Kier molecular flexibility index (Phi) is 3.54. The number of hydrogen-bond donors (Lipinski definition) is 2. The molecule has 0 saturated carbocycles. The van der Waals surface area contributed by atoms with Crippen LogP contribution in [0.4, 0.5) is 4.39 Å². The van der Waals surface area contributed by atoms with E-state index in [0.29, 0.717) is 6.54 Å². The molecular weight excluding hydrogens is 217 g/mol. The van der Waals surface area contributed by atoms with E-state index in [2.05, 4.69) is 22.2 Å². The summed E-state index contributed by atoms with van der Waals surface area (Å²) < 4.78 is 12.8. The number of hydrogen-bond acceptors (Lipinski definition) is 2. The maximum Gasteiger partial charge on any atom is 0.123 e. The zero-order valence-electron chi connectivity index (χ0n) is 10.00. The Balaban J connectivity index is 1.95. The number of aryl methyl sites for hydroxylation is 1. The Labute approximate surface area is 100 Å². The highest BCUT2D eigenvalue weighted by molar-refractivity contribution is 5.19. The van der Waals surface area contributed by atoms with E-state index in [-0.39, 0.29) is 11.9 Å². The third kappa shape index (κ3) is 2.91. The second-order valence-corrected chi connectivity index (χ2v) is 4.13. The molecule has 2 aromatic rings. The minimum atomic E-state index is -0.205. The first kappa shape index (κ1) is 11.8. The van der Waals surface area contributed by atoms with Gasteiger partial charge < -0.3 is 10.3 Å². The van der Waals surface area contributed by atoms with Gasteiger partial charge >= 0.3 is 0 Å². The number of aromatic amines is 1. The fourth-order valence-corrected chi connectivity index (χ4v) is 1.68. The van der Waals surface area contributed by atoms with E-state index in [4.69, 9.17) is 0 Å². The molecule has 1 unspecified atom stereocenters. The Hall–Kier alpha value is -1.68. The van der Waals surface area contributed by atoms with Gasteiger partial charge in [0, 0.05) is 18.3 Å². The summed E-state index contributed by atoms with van der Waals surface area (Å²) in [4.78, 5) is 7.26. The fourth-order valence-electron chi connectivity index (χ4n) is 1.68. The van der Waals surface area contributed by atoms with Crippen molar-refractivity contribution in [2.24, 2.45) is 0 Å². The van der Waals surface area contributed by atoms with Gasteiger partial charge in [0.25, 0.3) is 0 Å². The second-order valence-electron chi connectivity index (χ2n) is 4.13. The third-order valence-electron chi connectivity index (χ3n) is 2.88. The quantitative estimate of drug-likeness (QED) is 0.852. The highest BCUT2D eigenvalue weighted by Gasteiger charge is 2.06. The molecule has 1 aromatic heterocycles. The summed E-state index contributed by atoms with van der Waals surface area (Å²) in [6, 6.07) is 6.72. The zero-order valence-corrected chi connectivity index (χ0v) is 10.00. The van der Waals surface area contributed by atoms with E-state index >= 15 is 0 Å². The van der Waals surface area contributed by atoms with Gasteiger partial charge in [-0.25, -0.2) is 9.37 Å². The molecule has 1 atom stereocenters. The van der Waals surface area contributed by atoms with Crippen LogP contribution in [-0.2, 0) is 6.54 Å². The summed E-state index contributed by atoms with van der Waals surface area (Å²) in [6.45, 7) is 4.75. The molecule has 0 bridgehead atoms. The van der Waals surface area contributed by atoms with Crippen LogP contribution in [0.25, 0.3) is 0 Å². The maximum absolute atomic E-state index is 12.8. The van der Waals surface area contributed by atoms with Crippen LogP contribution in [0.1, 0.15) is 29.9 Å². The maximum atomic E-state index is 12.8. The summed E-state index contributed by atoms with van der Waals surface area (Å²) in [5, 5.41) is 3.36. The number of imidazole rings is 1. The first-order valence-corrected chi connectivity index (χ1v) is 5.64. The van der Waals surface area contributed by atoms with Crippen LogP contribution in [0.15, 0.2) is 30.6 Å². The van der Waals surface area contributed by atoms with E-state index in [1.54, 1.807) is 18.5 Å². The average Bonchev–Trinajstić information content (AvgIpc) is 2.73. The van der Waals surface area contributed by atoms with Crippen LogP contribution in [-0.4, -0.2) is 9.97 Å². The van der Waals surface area contributed by atoms with Gasteiger partial charge in [-0.2, -0.15) is 0 Å². The van der Waals surface area contributed by atoms with Gasteiger partial charge in [-0.15, -0.1) is 0 Å². The molecule has 0 radical (unpaired) electrons. The number of benzene rings is 1. The van der Waals surface area contributed by atoms with Crippen LogP contribution < -0.4 is 5.32 Å². The predicted molar refractivity (Wildman–Crippen MR) is 65.0 cm³/mol. The highest BCUT2D eigenvalue weighted by Crippen LogP contribution is 2.13. The standard InChI is InChI=1S/C13H16FN3/c1-9(11-3-5-12(14)6-4-11)15-7-13-10(2)16-8-17-13/h3-6,8-9,15H,7H2,1-2H3,(H,16,17). The lowest BCUT2D eigenvalue weighted by Crippen LogP contribution is -2.18. The van der Waals surface area contributed by atoms with Crippen molar-refractivity contribution in [3.05, 3.63) is 53.4 Å². The van der Waals surface area contributed by atoms with Gasteiger partial charge in [0.1, 0.15) is 5.82 Å². The number of halogens is 1. The van der Waals surface area contributed by atoms with Crippen LogP contribution in [0.2, 0.25) is 0 Å². The van der Waals surface area contributed by atoms with Crippen molar-refractivity contribution in [1.82, 2.24) is 15.3 Å². The lowest BCUT2D eigenvalue weighted by molar-refractivity contribution is 0.564. The molecule has 0 saturated heterocycles. The zero-order chi connectivity index (χ0) is 12.3. The van der Waals surface area contributed by atoms with Gasteiger partial charge in [0.2, 0.25) is 0 Å². The number of nitrogens with one attached hydrogen (secondary N) is 2. The molecule has 0 amide bonds. The fraction of sp³-hybridized carbons (Fsp3) is 0.308. The minimum absolute atomic E-state index is 0.173. The Bertz CT molecular complexity index is 476. The Morgan fingerprint density at radius 2 is 2.06 bits per heavy atom. The van der Waals surface area contributed by atoms with Gasteiger partial charge in [0.05, 0.1) is 12.0 Å². The minimum Gasteiger partial charge on any atom is -0.348 e. The van der Waals surface area contributed by atoms with E-state index in [1.807, 2.05) is 6.92 Å². The summed E-state index contributed by atoms with van der Waals surface area (Å²) in [5.74, 6) is -0.205. The first-order valence-electron chi connectivity index (χ1n) is 5.64. The van der Waals surface area contributed by atoms with Crippen molar-refractivity contribution in [1.29, 1.82) is 0 Å². The monoisotopic (exact) mass is 233 g/mol. The smallest absolute Gasteiger partial charge is 0.123 e. The summed E-state index contributed by atoms with van der Waals surface area (Å²) in [6.07, 6.45) is 1.69. The molecule has 0 spiro atoms. The van der Waals surface area contributed by atoms with Crippen LogP contribution in [0, 0.1) is 12.7 Å². The number of nitrogens with zero attached hydrogens (tertiary/aromatic N) is 1. The van der Waals surface area contributed by atoms with Crippen molar-refractivity contribution in [2.75, 3.05) is 0 Å². The SMILES string of the molecule is Cc1[nH]cnc1CNC(C)c1ccc(F)cc1.